The number of ether oxygens (including phenoxy) is 1. The summed E-state index contributed by atoms with van der Waals surface area (Å²) in [5.41, 5.74) is 4.76. The first-order chi connectivity index (χ1) is 21.0. The molecule has 5 aromatic carbocycles. The van der Waals surface area contributed by atoms with Gasteiger partial charge in [0.25, 0.3) is 0 Å². The highest BCUT2D eigenvalue weighted by Gasteiger charge is 2.43. The minimum atomic E-state index is -1.29. The van der Waals surface area contributed by atoms with Crippen molar-refractivity contribution in [2.75, 3.05) is 20.7 Å². The Hall–Kier alpha value is -4.51. The van der Waals surface area contributed by atoms with E-state index in [2.05, 4.69) is 104 Å². The number of nitrogens with zero attached hydrogens (tertiary/aromatic N) is 2. The van der Waals surface area contributed by atoms with Crippen LogP contribution in [0.2, 0.25) is 0 Å². The fourth-order valence-corrected chi connectivity index (χ4v) is 6.40. The Bertz CT molecular complexity index is 1830. The Labute approximate surface area is 254 Å². The van der Waals surface area contributed by atoms with Crippen molar-refractivity contribution >= 4 is 21.7 Å². The maximum atomic E-state index is 13.4. The van der Waals surface area contributed by atoms with Gasteiger partial charge in [-0.15, -0.1) is 0 Å². The zero-order chi connectivity index (χ0) is 29.8. The molecule has 2 atom stereocenters. The molecular formula is C39H38N2O2. The van der Waals surface area contributed by atoms with Gasteiger partial charge in [-0.25, -0.2) is 4.98 Å². The molecule has 0 saturated carbocycles. The van der Waals surface area contributed by atoms with Crippen molar-refractivity contribution in [2.24, 2.45) is 0 Å². The van der Waals surface area contributed by atoms with Crippen molar-refractivity contribution in [3.8, 4) is 5.88 Å². The standard InChI is InChI=1S/C39H38N2O2/c1-28-21-22-36-32(25-28)26-34(38(40-36)43-3)37(31-16-8-5-9-17-31)39(42,23-24-41(2)27-29-13-6-4-7-14-29)35-20-12-18-30-15-10-11-19-33(30)35/h4-22,25-26,37,42H,23-24,27H2,1-3H3. The van der Waals surface area contributed by atoms with Crippen molar-refractivity contribution in [2.45, 2.75) is 31.4 Å². The van der Waals surface area contributed by atoms with Crippen molar-refractivity contribution in [3.63, 3.8) is 0 Å². The fourth-order valence-electron chi connectivity index (χ4n) is 6.40. The molecule has 1 heterocycles. The third kappa shape index (κ3) is 5.90. The predicted molar refractivity (Wildman–Crippen MR) is 177 cm³/mol. The lowest BCUT2D eigenvalue weighted by Crippen LogP contribution is -2.38. The number of aliphatic hydroxyl groups is 1. The first-order valence-corrected chi connectivity index (χ1v) is 14.9. The monoisotopic (exact) mass is 566 g/mol. The van der Waals surface area contributed by atoms with Gasteiger partial charge in [-0.3, -0.25) is 0 Å². The molecule has 43 heavy (non-hydrogen) atoms. The molecule has 1 aromatic heterocycles. The summed E-state index contributed by atoms with van der Waals surface area (Å²) in [5, 5.41) is 16.6. The molecule has 2 unspecified atom stereocenters. The average molecular weight is 567 g/mol. The maximum absolute atomic E-state index is 13.4. The van der Waals surface area contributed by atoms with Gasteiger partial charge in [0, 0.05) is 30.0 Å². The third-order valence-corrected chi connectivity index (χ3v) is 8.50. The molecule has 4 nitrogen and oxygen atoms in total. The number of fused-ring (bicyclic) bond motifs is 2. The SMILES string of the molecule is COc1nc2ccc(C)cc2cc1C(c1ccccc1)C(O)(CCN(C)Cc1ccccc1)c1cccc2ccccc12. The van der Waals surface area contributed by atoms with Crippen molar-refractivity contribution in [1.82, 2.24) is 9.88 Å². The molecule has 1 N–H and O–H groups in total. The van der Waals surface area contributed by atoms with E-state index in [1.165, 1.54) is 5.56 Å². The molecule has 6 rings (SSSR count). The van der Waals surface area contributed by atoms with E-state index in [1.807, 2.05) is 42.5 Å². The highest BCUT2D eigenvalue weighted by atomic mass is 16.5. The van der Waals surface area contributed by atoms with Gasteiger partial charge >= 0.3 is 0 Å². The van der Waals surface area contributed by atoms with Gasteiger partial charge in [-0.1, -0.05) is 115 Å². The van der Waals surface area contributed by atoms with E-state index >= 15 is 0 Å². The Morgan fingerprint density at radius 1 is 0.791 bits per heavy atom. The fraction of sp³-hybridized carbons (Fsp3) is 0.205. The molecule has 0 amide bonds. The van der Waals surface area contributed by atoms with E-state index in [1.54, 1.807) is 7.11 Å². The average Bonchev–Trinajstić information content (AvgIpc) is 3.04. The summed E-state index contributed by atoms with van der Waals surface area (Å²) in [5.74, 6) is 0.0819. The van der Waals surface area contributed by atoms with Crippen LogP contribution in [0.4, 0.5) is 0 Å². The van der Waals surface area contributed by atoms with Crippen LogP contribution in [0, 0.1) is 6.92 Å². The summed E-state index contributed by atoms with van der Waals surface area (Å²) >= 11 is 0. The lowest BCUT2D eigenvalue weighted by atomic mass is 9.70. The highest BCUT2D eigenvalue weighted by Crippen LogP contribution is 2.49. The Morgan fingerprint density at radius 3 is 2.26 bits per heavy atom. The number of hydrogen-bond donors (Lipinski definition) is 1. The molecule has 0 aliphatic heterocycles. The second kappa shape index (κ2) is 12.4. The molecule has 0 fully saturated rings. The van der Waals surface area contributed by atoms with Crippen LogP contribution in [0.5, 0.6) is 5.88 Å². The van der Waals surface area contributed by atoms with Crippen LogP contribution in [0.3, 0.4) is 0 Å². The van der Waals surface area contributed by atoms with Crippen molar-refractivity contribution < 1.29 is 9.84 Å². The van der Waals surface area contributed by atoms with Crippen LogP contribution >= 0.6 is 0 Å². The van der Waals surface area contributed by atoms with Crippen molar-refractivity contribution in [1.29, 1.82) is 0 Å². The van der Waals surface area contributed by atoms with Crippen LogP contribution in [0.15, 0.2) is 127 Å². The number of aromatic nitrogens is 1. The van der Waals surface area contributed by atoms with Gasteiger partial charge in [0.15, 0.2) is 0 Å². The van der Waals surface area contributed by atoms with Gasteiger partial charge < -0.3 is 14.7 Å². The minimum Gasteiger partial charge on any atom is -0.481 e. The first kappa shape index (κ1) is 28.6. The number of methoxy groups -OCH3 is 1. The van der Waals surface area contributed by atoms with E-state index in [4.69, 9.17) is 9.72 Å². The van der Waals surface area contributed by atoms with Gasteiger partial charge in [0.05, 0.1) is 12.6 Å². The van der Waals surface area contributed by atoms with Crippen LogP contribution in [-0.2, 0) is 12.1 Å². The van der Waals surface area contributed by atoms with Gasteiger partial charge in [-0.05, 0) is 66.1 Å². The molecule has 0 spiro atoms. The number of rotatable bonds is 10. The van der Waals surface area contributed by atoms with Crippen LogP contribution < -0.4 is 4.74 Å². The summed E-state index contributed by atoms with van der Waals surface area (Å²) < 4.78 is 5.98. The summed E-state index contributed by atoms with van der Waals surface area (Å²) in [6.07, 6.45) is 0.499. The number of aryl methyl sites for hydroxylation is 1. The summed E-state index contributed by atoms with van der Waals surface area (Å²) in [7, 11) is 3.79. The van der Waals surface area contributed by atoms with Gasteiger partial charge in [-0.2, -0.15) is 0 Å². The summed E-state index contributed by atoms with van der Waals surface area (Å²) in [4.78, 5) is 7.24. The molecule has 4 heteroatoms. The lowest BCUT2D eigenvalue weighted by molar-refractivity contribution is 0.00308. The van der Waals surface area contributed by atoms with Crippen molar-refractivity contribution in [3.05, 3.63) is 155 Å². The smallest absolute Gasteiger partial charge is 0.217 e. The van der Waals surface area contributed by atoms with E-state index < -0.39 is 11.5 Å². The van der Waals surface area contributed by atoms with Crippen LogP contribution in [-0.4, -0.2) is 35.7 Å². The second-order valence-electron chi connectivity index (χ2n) is 11.6. The minimum absolute atomic E-state index is 0.447. The van der Waals surface area contributed by atoms with E-state index in [-0.39, 0.29) is 0 Å². The van der Waals surface area contributed by atoms with E-state index in [0.29, 0.717) is 18.8 Å². The summed E-state index contributed by atoms with van der Waals surface area (Å²) in [6, 6.07) is 43.8. The Kier molecular flexibility index (Phi) is 8.24. The number of pyridine rings is 1. The molecule has 0 bridgehead atoms. The largest absolute Gasteiger partial charge is 0.481 e. The zero-order valence-corrected chi connectivity index (χ0v) is 25.1. The number of hydrogen-bond acceptors (Lipinski definition) is 4. The van der Waals surface area contributed by atoms with E-state index in [9.17, 15) is 5.11 Å². The maximum Gasteiger partial charge on any atom is 0.217 e. The summed E-state index contributed by atoms with van der Waals surface area (Å²) in [6.45, 7) is 3.57. The lowest BCUT2D eigenvalue weighted by Gasteiger charge is -2.40. The Morgan fingerprint density at radius 2 is 1.49 bits per heavy atom. The topological polar surface area (TPSA) is 45.6 Å². The molecule has 0 aliphatic rings. The number of benzene rings is 5. The molecule has 216 valence electrons. The molecule has 0 aliphatic carbocycles. The van der Waals surface area contributed by atoms with E-state index in [0.717, 1.165) is 50.5 Å². The first-order valence-electron chi connectivity index (χ1n) is 14.9. The quantitative estimate of drug-likeness (QED) is 0.181. The molecule has 6 aromatic rings. The van der Waals surface area contributed by atoms with Gasteiger partial charge in [0.2, 0.25) is 5.88 Å². The Balaban J connectivity index is 1.56. The molecule has 0 radical (unpaired) electrons. The zero-order valence-electron chi connectivity index (χ0n) is 25.1. The van der Waals surface area contributed by atoms with Crippen LogP contribution in [0.25, 0.3) is 21.7 Å². The third-order valence-electron chi connectivity index (χ3n) is 8.50. The van der Waals surface area contributed by atoms with Crippen LogP contribution in [0.1, 0.15) is 40.2 Å². The van der Waals surface area contributed by atoms with Gasteiger partial charge in [0.1, 0.15) is 5.60 Å². The normalized spacial score (nSPS) is 13.7. The molecule has 0 saturated heterocycles. The predicted octanol–water partition coefficient (Wildman–Crippen LogP) is 8.25. The second-order valence-corrected chi connectivity index (χ2v) is 11.6. The highest BCUT2D eigenvalue weighted by molar-refractivity contribution is 5.87. The molecular weight excluding hydrogens is 528 g/mol.